The van der Waals surface area contributed by atoms with Crippen LogP contribution in [0.1, 0.15) is 11.1 Å². The van der Waals surface area contributed by atoms with Gasteiger partial charge in [0, 0.05) is 0 Å². The quantitative estimate of drug-likeness (QED) is 0.783. The van der Waals surface area contributed by atoms with Crippen molar-refractivity contribution in [3.05, 3.63) is 107 Å². The van der Waals surface area contributed by atoms with E-state index in [1.165, 1.54) is 0 Å². The van der Waals surface area contributed by atoms with Crippen molar-refractivity contribution in [2.75, 3.05) is 0 Å². The van der Waals surface area contributed by atoms with E-state index in [4.69, 9.17) is 4.74 Å². The average Bonchev–Trinajstić information content (AvgIpc) is 2.82. The molecule has 0 radical (unpaired) electrons. The van der Waals surface area contributed by atoms with Gasteiger partial charge in [0.05, 0.1) is 11.5 Å². The van der Waals surface area contributed by atoms with E-state index in [0.29, 0.717) is 11.3 Å². The highest BCUT2D eigenvalue weighted by molar-refractivity contribution is 5.93. The second-order valence-electron chi connectivity index (χ2n) is 6.04. The zero-order valence-electron chi connectivity index (χ0n) is 13.4. The Morgan fingerprint density at radius 1 is 0.920 bits per heavy atom. The number of carbonyl (C=O) groups excluding carboxylic acids is 1. The number of nitriles is 1. The van der Waals surface area contributed by atoms with E-state index >= 15 is 0 Å². The number of hydrogen-bond acceptors (Lipinski definition) is 3. The lowest BCUT2D eigenvalue weighted by Crippen LogP contribution is -2.38. The molecule has 0 aromatic heterocycles. The van der Waals surface area contributed by atoms with Crippen molar-refractivity contribution in [3.8, 4) is 6.07 Å². The lowest BCUT2D eigenvalue weighted by molar-refractivity contribution is -0.139. The minimum absolute atomic E-state index is 0.349. The third kappa shape index (κ3) is 2.15. The van der Waals surface area contributed by atoms with Gasteiger partial charge in [0.1, 0.15) is 17.2 Å². The third-order valence-electron chi connectivity index (χ3n) is 4.80. The number of nitrogens with zero attached hydrogens (tertiary/aromatic N) is 1. The summed E-state index contributed by atoms with van der Waals surface area (Å²) in [7, 11) is 0. The number of rotatable bonds is 2. The van der Waals surface area contributed by atoms with Crippen LogP contribution in [0.4, 0.5) is 0 Å². The summed E-state index contributed by atoms with van der Waals surface area (Å²) in [5.41, 5.74) is 1.10. The first-order valence-electron chi connectivity index (χ1n) is 8.11. The van der Waals surface area contributed by atoms with E-state index in [0.717, 1.165) is 11.1 Å². The van der Waals surface area contributed by atoms with Crippen LogP contribution in [0.3, 0.4) is 0 Å². The zero-order valence-corrected chi connectivity index (χ0v) is 13.4. The van der Waals surface area contributed by atoms with Crippen LogP contribution in [0.2, 0.25) is 0 Å². The predicted molar refractivity (Wildman–Crippen MR) is 94.2 cm³/mol. The molecule has 0 spiro atoms. The third-order valence-corrected chi connectivity index (χ3v) is 4.80. The van der Waals surface area contributed by atoms with Crippen molar-refractivity contribution in [2.45, 2.75) is 5.41 Å². The van der Waals surface area contributed by atoms with Crippen LogP contribution in [0.25, 0.3) is 0 Å². The molecule has 2 aromatic carbocycles. The van der Waals surface area contributed by atoms with Crippen molar-refractivity contribution in [2.24, 2.45) is 5.92 Å². The van der Waals surface area contributed by atoms with E-state index in [-0.39, 0.29) is 11.9 Å². The van der Waals surface area contributed by atoms with Crippen LogP contribution < -0.4 is 0 Å². The summed E-state index contributed by atoms with van der Waals surface area (Å²) in [6.45, 7) is 0. The molecule has 1 fully saturated rings. The van der Waals surface area contributed by atoms with Gasteiger partial charge in [-0.05, 0) is 17.2 Å². The van der Waals surface area contributed by atoms with Gasteiger partial charge in [0.25, 0.3) is 0 Å². The number of hydrogen-bond donors (Lipinski definition) is 0. The molecule has 3 nitrogen and oxygen atoms in total. The van der Waals surface area contributed by atoms with E-state index in [2.05, 4.69) is 6.07 Å². The Morgan fingerprint density at radius 2 is 1.52 bits per heavy atom. The van der Waals surface area contributed by atoms with Crippen molar-refractivity contribution >= 4 is 5.97 Å². The number of allylic oxidation sites excluding steroid dienone is 5. The molecule has 0 saturated carbocycles. The Balaban J connectivity index is 2.06. The van der Waals surface area contributed by atoms with E-state index < -0.39 is 5.41 Å². The summed E-state index contributed by atoms with van der Waals surface area (Å²) >= 11 is 0. The molecule has 0 amide bonds. The zero-order chi connectivity index (χ0) is 17.3. The maximum Gasteiger partial charge on any atom is 0.327 e. The van der Waals surface area contributed by atoms with Gasteiger partial charge in [0.2, 0.25) is 0 Å². The van der Waals surface area contributed by atoms with Crippen LogP contribution >= 0.6 is 0 Å². The molecule has 0 N–H and O–H groups in total. The van der Waals surface area contributed by atoms with Gasteiger partial charge in [-0.15, -0.1) is 0 Å². The van der Waals surface area contributed by atoms with E-state index in [1.54, 1.807) is 12.2 Å². The maximum absolute atomic E-state index is 13.2. The standard InChI is InChI=1S/C22H15NO2/c23-15-16-9-7-8-14-19-20(16)25-21(24)22(19,17-10-3-1-4-11-17)18-12-5-2-6-13-18/h1-14,19H. The lowest BCUT2D eigenvalue weighted by Gasteiger charge is -2.30. The van der Waals surface area contributed by atoms with Crippen LogP contribution in [-0.4, -0.2) is 5.97 Å². The van der Waals surface area contributed by atoms with Crippen LogP contribution in [0.15, 0.2) is 96.3 Å². The molecule has 1 heterocycles. The van der Waals surface area contributed by atoms with Gasteiger partial charge >= 0.3 is 5.97 Å². The summed E-state index contributed by atoms with van der Waals surface area (Å²) in [6, 6.07) is 21.4. The van der Waals surface area contributed by atoms with Gasteiger partial charge < -0.3 is 4.74 Å². The largest absolute Gasteiger partial charge is 0.428 e. The maximum atomic E-state index is 13.2. The molecule has 1 saturated heterocycles. The molecule has 25 heavy (non-hydrogen) atoms. The first-order valence-corrected chi connectivity index (χ1v) is 8.11. The van der Waals surface area contributed by atoms with E-state index in [9.17, 15) is 10.1 Å². The van der Waals surface area contributed by atoms with Crippen LogP contribution in [0.5, 0.6) is 0 Å². The average molecular weight is 325 g/mol. The summed E-state index contributed by atoms with van der Waals surface area (Å²) in [5.74, 6) is -0.294. The lowest BCUT2D eigenvalue weighted by atomic mass is 9.66. The minimum Gasteiger partial charge on any atom is -0.428 e. The first kappa shape index (κ1) is 15.2. The Labute approximate surface area is 146 Å². The second-order valence-corrected chi connectivity index (χ2v) is 6.04. The molecule has 3 heteroatoms. The van der Waals surface area contributed by atoms with Gasteiger partial charge in [-0.1, -0.05) is 78.9 Å². The van der Waals surface area contributed by atoms with Crippen molar-refractivity contribution in [1.82, 2.24) is 0 Å². The molecule has 4 rings (SSSR count). The molecule has 1 aliphatic carbocycles. The summed E-state index contributed by atoms with van der Waals surface area (Å²) < 4.78 is 5.69. The monoisotopic (exact) mass is 325 g/mol. The molecule has 1 unspecified atom stereocenters. The fourth-order valence-electron chi connectivity index (χ4n) is 3.69. The smallest absolute Gasteiger partial charge is 0.327 e. The topological polar surface area (TPSA) is 50.1 Å². The molecular weight excluding hydrogens is 310 g/mol. The molecule has 2 aliphatic rings. The van der Waals surface area contributed by atoms with Gasteiger partial charge in [-0.3, -0.25) is 4.79 Å². The van der Waals surface area contributed by atoms with Crippen molar-refractivity contribution < 1.29 is 9.53 Å². The predicted octanol–water partition coefficient (Wildman–Crippen LogP) is 4.05. The van der Waals surface area contributed by atoms with Crippen molar-refractivity contribution in [3.63, 3.8) is 0 Å². The van der Waals surface area contributed by atoms with Crippen LogP contribution in [-0.2, 0) is 14.9 Å². The molecule has 1 aliphatic heterocycles. The molecular formula is C22H15NO2. The highest BCUT2D eigenvalue weighted by atomic mass is 16.5. The van der Waals surface area contributed by atoms with Gasteiger partial charge in [0.15, 0.2) is 0 Å². The summed E-state index contributed by atoms with van der Waals surface area (Å²) in [5, 5.41) is 9.48. The number of fused-ring (bicyclic) bond motifs is 1. The number of ether oxygens (including phenoxy) is 1. The number of benzene rings is 2. The Bertz CT molecular complexity index is 907. The number of esters is 1. The highest BCUT2D eigenvalue weighted by Crippen LogP contribution is 2.51. The first-order chi connectivity index (χ1) is 12.3. The highest BCUT2D eigenvalue weighted by Gasteiger charge is 2.57. The van der Waals surface area contributed by atoms with Crippen LogP contribution in [0, 0.1) is 17.2 Å². The van der Waals surface area contributed by atoms with Crippen molar-refractivity contribution in [1.29, 1.82) is 5.26 Å². The van der Waals surface area contributed by atoms with Gasteiger partial charge in [-0.25, -0.2) is 0 Å². The molecule has 0 bridgehead atoms. The molecule has 1 atom stereocenters. The number of carbonyl (C=O) groups is 1. The SMILES string of the molecule is N#CC1=C2OC(=O)C(c3ccccc3)(c3ccccc3)C2C=CC=C1. The summed E-state index contributed by atoms with van der Waals surface area (Å²) in [4.78, 5) is 13.2. The summed E-state index contributed by atoms with van der Waals surface area (Å²) in [6.07, 6.45) is 7.31. The Kier molecular flexibility index (Phi) is 3.59. The van der Waals surface area contributed by atoms with E-state index in [1.807, 2.05) is 72.8 Å². The fraction of sp³-hybridized carbons (Fsp3) is 0.0909. The fourth-order valence-corrected chi connectivity index (χ4v) is 3.69. The second kappa shape index (κ2) is 5.92. The Morgan fingerprint density at radius 3 is 2.08 bits per heavy atom. The molecule has 120 valence electrons. The normalized spacial score (nSPS) is 20.6. The minimum atomic E-state index is -0.998. The molecule has 2 aromatic rings. The Hall–Kier alpha value is -3.38. The van der Waals surface area contributed by atoms with Gasteiger partial charge in [-0.2, -0.15) is 5.26 Å².